The van der Waals surface area contributed by atoms with Gasteiger partial charge in [0.2, 0.25) is 0 Å². The van der Waals surface area contributed by atoms with Crippen LogP contribution in [0.15, 0.2) is 41.5 Å². The second-order valence-corrected chi connectivity index (χ2v) is 7.60. The summed E-state index contributed by atoms with van der Waals surface area (Å²) >= 11 is 0. The Morgan fingerprint density at radius 3 is 2.55 bits per heavy atom. The number of hydrogen-bond acceptors (Lipinski definition) is 6. The van der Waals surface area contributed by atoms with Crippen LogP contribution in [-0.4, -0.2) is 46.8 Å². The van der Waals surface area contributed by atoms with E-state index in [0.29, 0.717) is 35.6 Å². The third kappa shape index (κ3) is 3.26. The van der Waals surface area contributed by atoms with E-state index in [1.54, 1.807) is 31.2 Å². The molecule has 0 radical (unpaired) electrons. The molecular weight excluding hydrogens is 401 g/mol. The number of hydrogen-bond donors (Lipinski definition) is 1. The maximum atomic E-state index is 13.8. The van der Waals surface area contributed by atoms with Gasteiger partial charge in [-0.25, -0.2) is 19.2 Å². The molecule has 1 aliphatic heterocycles. The molecule has 0 spiro atoms. The first kappa shape index (κ1) is 19.3. The van der Waals surface area contributed by atoms with E-state index in [1.165, 1.54) is 12.1 Å². The smallest absolute Gasteiger partial charge is 0.326 e. The molecule has 0 saturated carbocycles. The minimum absolute atomic E-state index is 0.0120. The number of anilines is 1. The summed E-state index contributed by atoms with van der Waals surface area (Å²) in [5, 5.41) is 0.880. The molecule has 2 aromatic heterocycles. The lowest BCUT2D eigenvalue weighted by molar-refractivity contribution is 0.355. The molecule has 0 atom stereocenters. The van der Waals surface area contributed by atoms with E-state index in [4.69, 9.17) is 9.47 Å². The maximum absolute atomic E-state index is 13.8. The fourth-order valence-electron chi connectivity index (χ4n) is 4.41. The number of rotatable bonds is 4. The van der Waals surface area contributed by atoms with Crippen molar-refractivity contribution in [1.82, 2.24) is 19.5 Å². The maximum Gasteiger partial charge on any atom is 0.326 e. The van der Waals surface area contributed by atoms with Gasteiger partial charge in [-0.2, -0.15) is 0 Å². The van der Waals surface area contributed by atoms with Crippen molar-refractivity contribution in [1.29, 1.82) is 0 Å². The quantitative estimate of drug-likeness (QED) is 0.542. The van der Waals surface area contributed by atoms with Gasteiger partial charge in [-0.15, -0.1) is 0 Å². The van der Waals surface area contributed by atoms with Gasteiger partial charge in [0.25, 0.3) is 0 Å². The summed E-state index contributed by atoms with van der Waals surface area (Å²) in [7, 11) is 3.19. The number of ether oxygens (including phenoxy) is 2. The number of nitrogens with one attached hydrogen (secondary N) is 1. The van der Waals surface area contributed by atoms with Crippen molar-refractivity contribution in [2.24, 2.45) is 0 Å². The summed E-state index contributed by atoms with van der Waals surface area (Å²) in [6, 6.07) is 8.09. The molecule has 0 bridgehead atoms. The lowest BCUT2D eigenvalue weighted by atomic mass is 10.0. The van der Waals surface area contributed by atoms with Crippen molar-refractivity contribution in [3.05, 3.63) is 53.0 Å². The second kappa shape index (κ2) is 7.57. The van der Waals surface area contributed by atoms with Gasteiger partial charge in [-0.05, 0) is 37.1 Å². The summed E-state index contributed by atoms with van der Waals surface area (Å²) in [5.74, 6) is 1.70. The number of fused-ring (bicyclic) bond motifs is 2. The summed E-state index contributed by atoms with van der Waals surface area (Å²) in [6.45, 7) is 1.42. The summed E-state index contributed by atoms with van der Waals surface area (Å²) in [6.07, 6.45) is 3.02. The first-order chi connectivity index (χ1) is 15.1. The number of H-pyrrole nitrogens is 1. The van der Waals surface area contributed by atoms with Crippen molar-refractivity contribution in [3.8, 4) is 11.5 Å². The minimum atomic E-state index is -0.352. The molecule has 1 saturated heterocycles. The van der Waals surface area contributed by atoms with Gasteiger partial charge in [0, 0.05) is 30.6 Å². The Morgan fingerprint density at radius 1 is 1.06 bits per heavy atom. The van der Waals surface area contributed by atoms with Gasteiger partial charge in [0.05, 0.1) is 30.8 Å². The number of nitrogens with zero attached hydrogens (tertiary/aromatic N) is 4. The third-order valence-corrected chi connectivity index (χ3v) is 5.93. The van der Waals surface area contributed by atoms with E-state index in [0.717, 1.165) is 29.6 Å². The van der Waals surface area contributed by atoms with Crippen LogP contribution in [0.1, 0.15) is 18.9 Å². The van der Waals surface area contributed by atoms with E-state index in [1.807, 2.05) is 12.1 Å². The van der Waals surface area contributed by atoms with Crippen LogP contribution in [0, 0.1) is 5.82 Å². The first-order valence-electron chi connectivity index (χ1n) is 10.1. The van der Waals surface area contributed by atoms with Crippen molar-refractivity contribution in [2.45, 2.75) is 18.9 Å². The van der Waals surface area contributed by atoms with Crippen LogP contribution >= 0.6 is 0 Å². The van der Waals surface area contributed by atoms with Gasteiger partial charge in [0.1, 0.15) is 18.0 Å². The standard InChI is InChI=1S/C22H22FN5O3/c1-30-19-10-15-17(11-20(19)31-2)24-12-25-21(15)27-7-5-14(6-8-27)28-18-9-13(23)3-4-16(18)26-22(28)29/h3-4,9-12,14H,5-8H2,1-2H3,(H,26,29). The van der Waals surface area contributed by atoms with E-state index in [2.05, 4.69) is 19.9 Å². The molecule has 1 fully saturated rings. The molecule has 160 valence electrons. The van der Waals surface area contributed by atoms with Crippen LogP contribution in [-0.2, 0) is 0 Å². The Labute approximate surface area is 177 Å². The van der Waals surface area contributed by atoms with E-state index in [9.17, 15) is 9.18 Å². The molecule has 0 aliphatic carbocycles. The molecule has 2 aromatic carbocycles. The van der Waals surface area contributed by atoms with Crippen molar-refractivity contribution in [3.63, 3.8) is 0 Å². The third-order valence-electron chi connectivity index (χ3n) is 5.93. The second-order valence-electron chi connectivity index (χ2n) is 7.60. The number of benzene rings is 2. The molecular formula is C22H22FN5O3. The van der Waals surface area contributed by atoms with E-state index in [-0.39, 0.29) is 17.5 Å². The molecule has 9 heteroatoms. The Morgan fingerprint density at radius 2 is 1.81 bits per heavy atom. The first-order valence-corrected chi connectivity index (χ1v) is 10.1. The summed E-state index contributed by atoms with van der Waals surface area (Å²) in [5.41, 5.74) is 1.82. The number of aromatic amines is 1. The number of piperidine rings is 1. The minimum Gasteiger partial charge on any atom is -0.493 e. The van der Waals surface area contributed by atoms with Crippen LogP contribution in [0.5, 0.6) is 11.5 Å². The molecule has 1 N–H and O–H groups in total. The van der Waals surface area contributed by atoms with Crippen molar-refractivity contribution in [2.75, 3.05) is 32.2 Å². The zero-order valence-corrected chi connectivity index (χ0v) is 17.3. The number of halogens is 1. The van der Waals surface area contributed by atoms with Crippen LogP contribution < -0.4 is 20.1 Å². The van der Waals surface area contributed by atoms with Crippen LogP contribution in [0.2, 0.25) is 0 Å². The van der Waals surface area contributed by atoms with Crippen molar-refractivity contribution >= 4 is 27.8 Å². The van der Waals surface area contributed by atoms with Gasteiger partial charge < -0.3 is 19.4 Å². The highest BCUT2D eigenvalue weighted by atomic mass is 19.1. The van der Waals surface area contributed by atoms with Gasteiger partial charge in [-0.3, -0.25) is 4.57 Å². The zero-order chi connectivity index (χ0) is 21.5. The lowest BCUT2D eigenvalue weighted by Gasteiger charge is -2.33. The topological polar surface area (TPSA) is 85.3 Å². The Kier molecular flexibility index (Phi) is 4.72. The van der Waals surface area contributed by atoms with Crippen LogP contribution in [0.4, 0.5) is 10.2 Å². The van der Waals surface area contributed by atoms with Gasteiger partial charge in [0.15, 0.2) is 11.5 Å². The zero-order valence-electron chi connectivity index (χ0n) is 17.3. The fourth-order valence-corrected chi connectivity index (χ4v) is 4.41. The molecule has 8 nitrogen and oxygen atoms in total. The molecule has 4 aromatic rings. The molecule has 0 amide bonds. The number of methoxy groups -OCH3 is 2. The number of imidazole rings is 1. The largest absolute Gasteiger partial charge is 0.493 e. The molecule has 1 aliphatic rings. The average molecular weight is 423 g/mol. The SMILES string of the molecule is COc1cc2ncnc(N3CCC(n4c(=O)[nH]c5ccc(F)cc54)CC3)c2cc1OC. The normalized spacial score (nSPS) is 15.0. The summed E-state index contributed by atoms with van der Waals surface area (Å²) in [4.78, 5) is 26.4. The highest BCUT2D eigenvalue weighted by molar-refractivity contribution is 5.92. The Bertz CT molecular complexity index is 1320. The summed E-state index contributed by atoms with van der Waals surface area (Å²) < 4.78 is 26.3. The number of aromatic nitrogens is 4. The monoisotopic (exact) mass is 423 g/mol. The molecule has 3 heterocycles. The molecule has 31 heavy (non-hydrogen) atoms. The predicted molar refractivity (Wildman–Crippen MR) is 116 cm³/mol. The van der Waals surface area contributed by atoms with Gasteiger partial charge in [-0.1, -0.05) is 0 Å². The van der Waals surface area contributed by atoms with Crippen LogP contribution in [0.3, 0.4) is 0 Å². The highest BCUT2D eigenvalue weighted by Gasteiger charge is 2.26. The molecule has 0 unspecified atom stereocenters. The van der Waals surface area contributed by atoms with E-state index < -0.39 is 0 Å². The van der Waals surface area contributed by atoms with Gasteiger partial charge >= 0.3 is 5.69 Å². The average Bonchev–Trinajstić information content (AvgIpc) is 3.12. The van der Waals surface area contributed by atoms with Crippen LogP contribution in [0.25, 0.3) is 21.9 Å². The predicted octanol–water partition coefficient (Wildman–Crippen LogP) is 3.27. The lowest BCUT2D eigenvalue weighted by Crippen LogP contribution is -2.37. The Hall–Kier alpha value is -3.62. The highest BCUT2D eigenvalue weighted by Crippen LogP contribution is 2.36. The fraction of sp³-hybridized carbons (Fsp3) is 0.318. The molecule has 5 rings (SSSR count). The van der Waals surface area contributed by atoms with Crippen molar-refractivity contribution < 1.29 is 13.9 Å². The Balaban J connectivity index is 1.45. The van der Waals surface area contributed by atoms with E-state index >= 15 is 0 Å².